The molecule has 2 aromatic rings. The summed E-state index contributed by atoms with van der Waals surface area (Å²) in [7, 11) is 0. The van der Waals surface area contributed by atoms with E-state index in [-0.39, 0.29) is 30.5 Å². The first kappa shape index (κ1) is 26.2. The van der Waals surface area contributed by atoms with Gasteiger partial charge in [-0.3, -0.25) is 14.3 Å². The van der Waals surface area contributed by atoms with Crippen LogP contribution in [0.4, 0.5) is 0 Å². The molecular weight excluding hydrogens is 452 g/mol. The van der Waals surface area contributed by atoms with Crippen molar-refractivity contribution in [2.45, 2.75) is 96.7 Å². The van der Waals surface area contributed by atoms with Crippen LogP contribution >= 0.6 is 0 Å². The maximum Gasteiger partial charge on any atom is 0.257 e. The largest absolute Gasteiger partial charge is 0.487 e. The minimum Gasteiger partial charge on any atom is -0.487 e. The Hall–Kier alpha value is -2.83. The van der Waals surface area contributed by atoms with Crippen LogP contribution in [0.25, 0.3) is 0 Å². The number of fused-ring (bicyclic) bond motifs is 2. The van der Waals surface area contributed by atoms with E-state index in [0.29, 0.717) is 11.3 Å². The predicted octanol–water partition coefficient (Wildman–Crippen LogP) is 5.23. The average Bonchev–Trinajstić information content (AvgIpc) is 3.29. The van der Waals surface area contributed by atoms with Crippen molar-refractivity contribution in [1.29, 1.82) is 0 Å². The van der Waals surface area contributed by atoms with Crippen LogP contribution in [0.5, 0.6) is 5.75 Å². The first-order valence-electron chi connectivity index (χ1n) is 13.9. The van der Waals surface area contributed by atoms with Crippen molar-refractivity contribution in [2.24, 2.45) is 0 Å². The molecular formula is C29H42N4O3. The summed E-state index contributed by atoms with van der Waals surface area (Å²) in [6.45, 7) is 6.64. The van der Waals surface area contributed by atoms with Gasteiger partial charge in [0.1, 0.15) is 18.4 Å². The number of nitrogens with zero attached hydrogens (tertiary/aromatic N) is 4. The minimum atomic E-state index is -0.124. The zero-order valence-electron chi connectivity index (χ0n) is 22.0. The van der Waals surface area contributed by atoms with Crippen molar-refractivity contribution >= 4 is 11.8 Å². The van der Waals surface area contributed by atoms with Crippen LogP contribution in [-0.4, -0.2) is 63.2 Å². The molecule has 2 heterocycles. The highest BCUT2D eigenvalue weighted by molar-refractivity contribution is 5.97. The molecule has 1 aliphatic heterocycles. The summed E-state index contributed by atoms with van der Waals surface area (Å²) in [5, 5.41) is 4.35. The smallest absolute Gasteiger partial charge is 0.257 e. The zero-order chi connectivity index (χ0) is 25.3. The molecule has 1 fully saturated rings. The standard InChI is InChI=1S/C29H42N4O3/c1-3-17-31-18-11-5-4-6-12-19-33(28(34)22-32-21-23(2)20-30-32)25-14-8-10-16-27(25)36-26-15-9-7-13-24(26)29(31)35/h7,9,13,15,20-21,25,27H,3-6,8,10-12,14,16-19,22H2,1-2H3/t25-,27+/m1/s1. The number of aryl methyl sites for hydroxylation is 1. The lowest BCUT2D eigenvalue weighted by Crippen LogP contribution is -2.52. The van der Waals surface area contributed by atoms with E-state index in [1.807, 2.05) is 42.3 Å². The van der Waals surface area contributed by atoms with Gasteiger partial charge in [0, 0.05) is 25.8 Å². The van der Waals surface area contributed by atoms with Gasteiger partial charge in [-0.2, -0.15) is 5.10 Å². The van der Waals surface area contributed by atoms with Gasteiger partial charge in [0.25, 0.3) is 5.91 Å². The number of aromatic nitrogens is 2. The molecule has 1 saturated carbocycles. The van der Waals surface area contributed by atoms with Gasteiger partial charge in [-0.25, -0.2) is 0 Å². The monoisotopic (exact) mass is 494 g/mol. The van der Waals surface area contributed by atoms with Crippen molar-refractivity contribution in [2.75, 3.05) is 19.6 Å². The second-order valence-electron chi connectivity index (χ2n) is 10.4. The van der Waals surface area contributed by atoms with Gasteiger partial charge in [0.15, 0.2) is 0 Å². The molecule has 36 heavy (non-hydrogen) atoms. The van der Waals surface area contributed by atoms with E-state index in [9.17, 15) is 9.59 Å². The fraction of sp³-hybridized carbons (Fsp3) is 0.621. The number of rotatable bonds is 4. The summed E-state index contributed by atoms with van der Waals surface area (Å²) >= 11 is 0. The Morgan fingerprint density at radius 2 is 1.78 bits per heavy atom. The molecule has 7 nitrogen and oxygen atoms in total. The fourth-order valence-corrected chi connectivity index (χ4v) is 5.61. The van der Waals surface area contributed by atoms with E-state index in [1.54, 1.807) is 10.9 Å². The van der Waals surface area contributed by atoms with E-state index in [4.69, 9.17) is 4.74 Å². The lowest BCUT2D eigenvalue weighted by molar-refractivity contribution is -0.137. The number of hydrogen-bond acceptors (Lipinski definition) is 4. The molecule has 0 bridgehead atoms. The van der Waals surface area contributed by atoms with Crippen LogP contribution in [0.15, 0.2) is 36.7 Å². The molecule has 2 aliphatic rings. The molecule has 0 saturated heterocycles. The van der Waals surface area contributed by atoms with Crippen LogP contribution in [0.3, 0.4) is 0 Å². The van der Waals surface area contributed by atoms with Gasteiger partial charge < -0.3 is 14.5 Å². The molecule has 1 aromatic carbocycles. The lowest BCUT2D eigenvalue weighted by Gasteiger charge is -2.40. The van der Waals surface area contributed by atoms with Gasteiger partial charge in [-0.1, -0.05) is 44.7 Å². The van der Waals surface area contributed by atoms with E-state index in [2.05, 4.69) is 16.9 Å². The SMILES string of the molecule is CCCN1CCCCCCCN(C(=O)Cn2cc(C)cn2)[C@@H]2CCCC[C@@H]2Oc2ccccc2C1=O. The summed E-state index contributed by atoms with van der Waals surface area (Å²) in [5.41, 5.74) is 1.69. The highest BCUT2D eigenvalue weighted by Crippen LogP contribution is 2.31. The van der Waals surface area contributed by atoms with E-state index >= 15 is 0 Å². The second-order valence-corrected chi connectivity index (χ2v) is 10.4. The predicted molar refractivity (Wildman–Crippen MR) is 141 cm³/mol. The minimum absolute atomic E-state index is 0.00272. The Kier molecular flexibility index (Phi) is 9.42. The summed E-state index contributed by atoms with van der Waals surface area (Å²) in [6.07, 6.45) is 13.8. The van der Waals surface area contributed by atoms with Gasteiger partial charge >= 0.3 is 0 Å². The molecule has 0 radical (unpaired) electrons. The molecule has 0 spiro atoms. The van der Waals surface area contributed by atoms with Crippen LogP contribution < -0.4 is 4.74 Å². The van der Waals surface area contributed by atoms with Crippen LogP contribution in [0.1, 0.15) is 87.1 Å². The number of ether oxygens (including phenoxy) is 1. The van der Waals surface area contributed by atoms with Gasteiger partial charge in [-0.05, 0) is 63.1 Å². The molecule has 2 atom stereocenters. The molecule has 1 aromatic heterocycles. The van der Waals surface area contributed by atoms with Crippen LogP contribution in [0, 0.1) is 6.92 Å². The number of hydrogen-bond donors (Lipinski definition) is 0. The van der Waals surface area contributed by atoms with Crippen molar-refractivity contribution in [3.05, 3.63) is 47.8 Å². The third-order valence-corrected chi connectivity index (χ3v) is 7.45. The Morgan fingerprint density at radius 1 is 1.03 bits per heavy atom. The molecule has 196 valence electrons. The van der Waals surface area contributed by atoms with E-state index in [1.165, 1.54) is 0 Å². The third kappa shape index (κ3) is 6.68. The quantitative estimate of drug-likeness (QED) is 0.584. The zero-order valence-corrected chi connectivity index (χ0v) is 22.0. The van der Waals surface area contributed by atoms with Crippen molar-refractivity contribution in [3.8, 4) is 5.75 Å². The topological polar surface area (TPSA) is 67.7 Å². The Labute approximate surface area is 215 Å². The van der Waals surface area contributed by atoms with Gasteiger partial charge in [0.05, 0.1) is 17.8 Å². The van der Waals surface area contributed by atoms with Crippen molar-refractivity contribution < 1.29 is 14.3 Å². The second kappa shape index (κ2) is 12.9. The van der Waals surface area contributed by atoms with E-state index < -0.39 is 0 Å². The summed E-state index contributed by atoms with van der Waals surface area (Å²) in [5.74, 6) is 0.795. The van der Waals surface area contributed by atoms with Crippen LogP contribution in [-0.2, 0) is 11.3 Å². The summed E-state index contributed by atoms with van der Waals surface area (Å²) < 4.78 is 8.38. The number of carbonyl (C=O) groups excluding carboxylic acids is 2. The molecule has 1 aliphatic carbocycles. The lowest BCUT2D eigenvalue weighted by atomic mass is 9.90. The maximum absolute atomic E-state index is 13.6. The highest BCUT2D eigenvalue weighted by atomic mass is 16.5. The van der Waals surface area contributed by atoms with Gasteiger partial charge in [0.2, 0.25) is 5.91 Å². The molecule has 0 unspecified atom stereocenters. The number of benzene rings is 1. The normalized spacial score (nSPS) is 22.1. The Bertz CT molecular complexity index is 1000. The first-order chi connectivity index (χ1) is 17.6. The molecule has 0 N–H and O–H groups in total. The number of carbonyl (C=O) groups is 2. The average molecular weight is 495 g/mol. The molecule has 2 amide bonds. The maximum atomic E-state index is 13.6. The fourth-order valence-electron chi connectivity index (χ4n) is 5.61. The molecule has 4 rings (SSSR count). The number of amides is 2. The summed E-state index contributed by atoms with van der Waals surface area (Å²) in [6, 6.07) is 7.66. The highest BCUT2D eigenvalue weighted by Gasteiger charge is 2.35. The Balaban J connectivity index is 1.62. The van der Waals surface area contributed by atoms with Crippen molar-refractivity contribution in [3.63, 3.8) is 0 Å². The first-order valence-corrected chi connectivity index (χ1v) is 13.9. The third-order valence-electron chi connectivity index (χ3n) is 7.45. The van der Waals surface area contributed by atoms with E-state index in [0.717, 1.165) is 89.4 Å². The Morgan fingerprint density at radius 3 is 2.56 bits per heavy atom. The summed E-state index contributed by atoms with van der Waals surface area (Å²) in [4.78, 5) is 31.2. The van der Waals surface area contributed by atoms with Crippen LogP contribution in [0.2, 0.25) is 0 Å². The molecule has 7 heteroatoms. The van der Waals surface area contributed by atoms with Gasteiger partial charge in [-0.15, -0.1) is 0 Å². The van der Waals surface area contributed by atoms with Crippen molar-refractivity contribution in [1.82, 2.24) is 19.6 Å². The number of para-hydroxylation sites is 1.